The van der Waals surface area contributed by atoms with Crippen LogP contribution in [-0.2, 0) is 24.8 Å². The first-order valence-electron chi connectivity index (χ1n) is 7.98. The van der Waals surface area contributed by atoms with E-state index in [1.165, 1.54) is 24.3 Å². The molecule has 0 radical (unpaired) electrons. The highest BCUT2D eigenvalue weighted by Crippen LogP contribution is 2.26. The molecule has 1 aliphatic heterocycles. The lowest BCUT2D eigenvalue weighted by Gasteiger charge is -2.22. The summed E-state index contributed by atoms with van der Waals surface area (Å²) in [7, 11) is -7.29. The largest absolute Gasteiger partial charge is 0.273 e. The van der Waals surface area contributed by atoms with Crippen LogP contribution in [-0.4, -0.2) is 34.5 Å². The number of rotatable bonds is 4. The number of benzene rings is 1. The third-order valence-corrected chi connectivity index (χ3v) is 7.61. The van der Waals surface area contributed by atoms with Gasteiger partial charge in [0.2, 0.25) is 26.0 Å². The van der Waals surface area contributed by atoms with E-state index in [-0.39, 0.29) is 28.8 Å². The number of nitrogens with one attached hydrogen (secondary N) is 1. The van der Waals surface area contributed by atoms with Crippen LogP contribution in [0.3, 0.4) is 0 Å². The van der Waals surface area contributed by atoms with Gasteiger partial charge >= 0.3 is 0 Å². The van der Waals surface area contributed by atoms with Gasteiger partial charge in [0, 0.05) is 12.5 Å². The molecule has 132 valence electrons. The molecule has 1 aromatic carbocycles. The second kappa shape index (κ2) is 6.45. The number of sulfonamides is 2. The van der Waals surface area contributed by atoms with Crippen molar-refractivity contribution in [2.24, 2.45) is 0 Å². The summed E-state index contributed by atoms with van der Waals surface area (Å²) in [5.74, 6) is -0.708. The van der Waals surface area contributed by atoms with Gasteiger partial charge in [-0.25, -0.2) is 25.9 Å². The van der Waals surface area contributed by atoms with Crippen LogP contribution in [0.1, 0.15) is 38.5 Å². The molecule has 2 fully saturated rings. The van der Waals surface area contributed by atoms with Crippen molar-refractivity contribution in [3.63, 3.8) is 0 Å². The van der Waals surface area contributed by atoms with E-state index in [9.17, 15) is 21.6 Å². The minimum atomic E-state index is -3.65. The number of anilines is 1. The molecule has 1 aliphatic carbocycles. The van der Waals surface area contributed by atoms with E-state index in [0.717, 1.165) is 36.4 Å². The highest BCUT2D eigenvalue weighted by Gasteiger charge is 2.36. The molecule has 9 heteroatoms. The molecular formula is C15H20N2O5S2. The minimum absolute atomic E-state index is 0.0500. The van der Waals surface area contributed by atoms with Crippen LogP contribution in [0.2, 0.25) is 0 Å². The van der Waals surface area contributed by atoms with E-state index in [1.807, 2.05) is 0 Å². The molecule has 1 heterocycles. The van der Waals surface area contributed by atoms with Gasteiger partial charge in [-0.05, 0) is 37.1 Å². The van der Waals surface area contributed by atoms with E-state index in [4.69, 9.17) is 0 Å². The van der Waals surface area contributed by atoms with Gasteiger partial charge in [-0.1, -0.05) is 19.3 Å². The zero-order valence-electron chi connectivity index (χ0n) is 13.1. The van der Waals surface area contributed by atoms with Crippen molar-refractivity contribution in [1.29, 1.82) is 0 Å². The quantitative estimate of drug-likeness (QED) is 0.860. The molecule has 0 atom stereocenters. The smallest absolute Gasteiger partial charge is 0.242 e. The molecule has 3 rings (SSSR count). The van der Waals surface area contributed by atoms with E-state index in [0.29, 0.717) is 0 Å². The number of amides is 1. The zero-order valence-corrected chi connectivity index (χ0v) is 14.8. The average molecular weight is 372 g/mol. The Morgan fingerprint density at radius 1 is 1.04 bits per heavy atom. The standard InChI is InChI=1S/C15H20N2O5S2/c18-15-10-11-23(19,20)17(15)13-6-8-14(9-7-13)24(21,22)16-12-4-2-1-3-5-12/h6-9,12,16H,1-5,10-11H2. The Bertz CT molecular complexity index is 825. The SMILES string of the molecule is O=C1CCS(=O)(=O)N1c1ccc(S(=O)(=O)NC2CCCCC2)cc1. The fourth-order valence-corrected chi connectivity index (χ4v) is 5.90. The molecule has 7 nitrogen and oxygen atoms in total. The van der Waals surface area contributed by atoms with Crippen LogP contribution in [0, 0.1) is 0 Å². The topological polar surface area (TPSA) is 101 Å². The monoisotopic (exact) mass is 372 g/mol. The summed E-state index contributed by atoms with van der Waals surface area (Å²) in [5, 5.41) is 0. The zero-order chi connectivity index (χ0) is 17.4. The maximum Gasteiger partial charge on any atom is 0.242 e. The van der Waals surface area contributed by atoms with E-state index in [2.05, 4.69) is 4.72 Å². The lowest BCUT2D eigenvalue weighted by atomic mass is 9.96. The molecule has 0 unspecified atom stereocenters. The first kappa shape index (κ1) is 17.4. The van der Waals surface area contributed by atoms with Gasteiger partial charge < -0.3 is 0 Å². The van der Waals surface area contributed by atoms with Gasteiger partial charge in [-0.3, -0.25) is 4.79 Å². The predicted octanol–water partition coefficient (Wildman–Crippen LogP) is 1.36. The van der Waals surface area contributed by atoms with Gasteiger partial charge in [0.15, 0.2) is 0 Å². The maximum absolute atomic E-state index is 12.4. The summed E-state index contributed by atoms with van der Waals surface area (Å²) >= 11 is 0. The Hall–Kier alpha value is -1.45. The van der Waals surface area contributed by atoms with Gasteiger partial charge in [0.25, 0.3) is 0 Å². The normalized spacial score (nSPS) is 22.0. The molecule has 1 N–H and O–H groups in total. The second-order valence-corrected chi connectivity index (χ2v) is 9.83. The maximum atomic E-state index is 12.4. The van der Waals surface area contributed by atoms with Crippen molar-refractivity contribution in [3.05, 3.63) is 24.3 Å². The Morgan fingerprint density at radius 2 is 1.67 bits per heavy atom. The van der Waals surface area contributed by atoms with Crippen molar-refractivity contribution in [2.45, 2.75) is 49.5 Å². The average Bonchev–Trinajstić information content (AvgIpc) is 2.81. The molecule has 0 spiro atoms. The number of carbonyl (C=O) groups is 1. The number of hydrogen-bond acceptors (Lipinski definition) is 5. The number of nitrogens with zero attached hydrogens (tertiary/aromatic N) is 1. The van der Waals surface area contributed by atoms with Gasteiger partial charge in [-0.15, -0.1) is 0 Å². The second-order valence-electron chi connectivity index (χ2n) is 6.17. The lowest BCUT2D eigenvalue weighted by Crippen LogP contribution is -2.36. The fraction of sp³-hybridized carbons (Fsp3) is 0.533. The number of carbonyl (C=O) groups excluding carboxylic acids is 1. The Morgan fingerprint density at radius 3 is 2.21 bits per heavy atom. The highest BCUT2D eigenvalue weighted by molar-refractivity contribution is 7.94. The first-order chi connectivity index (χ1) is 11.3. The van der Waals surface area contributed by atoms with E-state index < -0.39 is 26.0 Å². The number of hydrogen-bond donors (Lipinski definition) is 1. The van der Waals surface area contributed by atoms with Crippen molar-refractivity contribution in [1.82, 2.24) is 4.72 Å². The Balaban J connectivity index is 1.80. The first-order valence-corrected chi connectivity index (χ1v) is 11.1. The summed E-state index contributed by atoms with van der Waals surface area (Å²) in [5.41, 5.74) is 0.175. The molecule has 1 amide bonds. The van der Waals surface area contributed by atoms with E-state index in [1.54, 1.807) is 0 Å². The van der Waals surface area contributed by atoms with Crippen molar-refractivity contribution in [3.8, 4) is 0 Å². The third kappa shape index (κ3) is 3.47. The van der Waals surface area contributed by atoms with E-state index >= 15 is 0 Å². The highest BCUT2D eigenvalue weighted by atomic mass is 32.2. The summed E-state index contributed by atoms with van der Waals surface area (Å²) in [6.45, 7) is 0. The summed E-state index contributed by atoms with van der Waals surface area (Å²) < 4.78 is 52.1. The molecular weight excluding hydrogens is 352 g/mol. The molecule has 2 aliphatic rings. The van der Waals surface area contributed by atoms with Crippen LogP contribution >= 0.6 is 0 Å². The van der Waals surface area contributed by atoms with Gasteiger partial charge in [0.05, 0.1) is 16.3 Å². The van der Waals surface area contributed by atoms with Gasteiger partial charge in [-0.2, -0.15) is 0 Å². The third-order valence-electron chi connectivity index (χ3n) is 4.39. The van der Waals surface area contributed by atoms with Crippen LogP contribution in [0.25, 0.3) is 0 Å². The summed E-state index contributed by atoms with van der Waals surface area (Å²) in [6, 6.07) is 5.33. The molecule has 0 aromatic heterocycles. The minimum Gasteiger partial charge on any atom is -0.273 e. The Labute approximate surface area is 142 Å². The van der Waals surface area contributed by atoms with Crippen LogP contribution in [0.5, 0.6) is 0 Å². The molecule has 24 heavy (non-hydrogen) atoms. The van der Waals surface area contributed by atoms with Crippen molar-refractivity contribution in [2.75, 3.05) is 10.1 Å². The lowest BCUT2D eigenvalue weighted by molar-refractivity contribution is -0.116. The van der Waals surface area contributed by atoms with Crippen molar-refractivity contribution < 1.29 is 21.6 Å². The van der Waals surface area contributed by atoms with Crippen LogP contribution < -0.4 is 9.03 Å². The summed E-state index contributed by atoms with van der Waals surface area (Å²) in [4.78, 5) is 11.8. The Kier molecular flexibility index (Phi) is 4.67. The fourth-order valence-electron chi connectivity index (χ4n) is 3.14. The molecule has 0 bridgehead atoms. The summed E-state index contributed by atoms with van der Waals surface area (Å²) in [6.07, 6.45) is 4.77. The molecule has 1 saturated carbocycles. The molecule has 1 saturated heterocycles. The molecule has 1 aromatic rings. The van der Waals surface area contributed by atoms with Crippen LogP contribution in [0.4, 0.5) is 5.69 Å². The van der Waals surface area contributed by atoms with Crippen molar-refractivity contribution >= 4 is 31.6 Å². The predicted molar refractivity (Wildman–Crippen MR) is 89.5 cm³/mol. The van der Waals surface area contributed by atoms with Gasteiger partial charge in [0.1, 0.15) is 0 Å². The van der Waals surface area contributed by atoms with Crippen LogP contribution in [0.15, 0.2) is 29.2 Å².